The lowest BCUT2D eigenvalue weighted by Crippen LogP contribution is -2.31. The van der Waals surface area contributed by atoms with Crippen LogP contribution in [0.5, 0.6) is 0 Å². The number of hydrogen-bond donors (Lipinski definition) is 1. The fraction of sp³-hybridized carbons (Fsp3) is 0.263. The quantitative estimate of drug-likeness (QED) is 0.925. The fourth-order valence-corrected chi connectivity index (χ4v) is 3.05. The summed E-state index contributed by atoms with van der Waals surface area (Å²) in [6, 6.07) is 14.7. The van der Waals surface area contributed by atoms with E-state index in [0.717, 1.165) is 11.3 Å². The molecule has 2 amide bonds. The number of hydrogen-bond acceptors (Lipinski definition) is 2. The lowest BCUT2D eigenvalue weighted by atomic mass is 10.1. The third-order valence-corrected chi connectivity index (χ3v) is 4.42. The van der Waals surface area contributed by atoms with Gasteiger partial charge in [0.05, 0.1) is 0 Å². The molecule has 1 aliphatic rings. The van der Waals surface area contributed by atoms with Gasteiger partial charge in [-0.25, -0.2) is 0 Å². The van der Waals surface area contributed by atoms with Gasteiger partial charge in [-0.3, -0.25) is 9.59 Å². The molecule has 0 saturated carbocycles. The number of halogens is 1. The van der Waals surface area contributed by atoms with Gasteiger partial charge in [-0.05, 0) is 37.3 Å². The SMILES string of the molecule is Cc1ccc(N2CC(CNC(=O)c3cccc(Cl)c3)CC2=O)cc1. The van der Waals surface area contributed by atoms with E-state index in [0.29, 0.717) is 30.1 Å². The van der Waals surface area contributed by atoms with Gasteiger partial charge in [-0.15, -0.1) is 0 Å². The average molecular weight is 343 g/mol. The van der Waals surface area contributed by atoms with Gasteiger partial charge in [0.1, 0.15) is 0 Å². The van der Waals surface area contributed by atoms with Crippen LogP contribution in [-0.2, 0) is 4.79 Å². The monoisotopic (exact) mass is 342 g/mol. The maximum Gasteiger partial charge on any atom is 0.251 e. The third-order valence-electron chi connectivity index (χ3n) is 4.19. The molecule has 0 spiro atoms. The van der Waals surface area contributed by atoms with Crippen molar-refractivity contribution < 1.29 is 9.59 Å². The minimum Gasteiger partial charge on any atom is -0.352 e. The number of carbonyl (C=O) groups excluding carboxylic acids is 2. The molecule has 3 rings (SSSR count). The van der Waals surface area contributed by atoms with Gasteiger partial charge < -0.3 is 10.2 Å². The number of aryl methyl sites for hydroxylation is 1. The molecular weight excluding hydrogens is 324 g/mol. The van der Waals surface area contributed by atoms with Crippen molar-refractivity contribution in [2.45, 2.75) is 13.3 Å². The predicted molar refractivity (Wildman–Crippen MR) is 95.4 cm³/mol. The summed E-state index contributed by atoms with van der Waals surface area (Å²) in [5.74, 6) is 0.0431. The fourth-order valence-electron chi connectivity index (χ4n) is 2.86. The predicted octanol–water partition coefficient (Wildman–Crippen LogP) is 3.43. The van der Waals surface area contributed by atoms with Crippen LogP contribution < -0.4 is 10.2 Å². The standard InChI is InChI=1S/C19H19ClN2O2/c1-13-5-7-17(8-6-13)22-12-14(9-18(22)23)11-21-19(24)15-3-2-4-16(20)10-15/h2-8,10,14H,9,11-12H2,1H3,(H,21,24). The molecule has 1 unspecified atom stereocenters. The topological polar surface area (TPSA) is 49.4 Å². The molecule has 5 heteroatoms. The molecule has 4 nitrogen and oxygen atoms in total. The van der Waals surface area contributed by atoms with E-state index < -0.39 is 0 Å². The Balaban J connectivity index is 1.58. The van der Waals surface area contributed by atoms with Crippen LogP contribution in [0.25, 0.3) is 0 Å². The Kier molecular flexibility index (Phi) is 4.86. The molecule has 0 bridgehead atoms. The zero-order valence-electron chi connectivity index (χ0n) is 13.5. The van der Waals surface area contributed by atoms with Crippen molar-refractivity contribution in [3.63, 3.8) is 0 Å². The number of rotatable bonds is 4. The summed E-state index contributed by atoms with van der Waals surface area (Å²) >= 11 is 5.90. The Morgan fingerprint density at radius 2 is 2.00 bits per heavy atom. The molecular formula is C19H19ClN2O2. The minimum absolute atomic E-state index is 0.0980. The van der Waals surface area contributed by atoms with Crippen molar-refractivity contribution in [2.24, 2.45) is 5.92 Å². The molecule has 2 aromatic rings. The Morgan fingerprint density at radius 1 is 1.25 bits per heavy atom. The molecule has 1 N–H and O–H groups in total. The van der Waals surface area contributed by atoms with Crippen molar-refractivity contribution in [3.05, 3.63) is 64.7 Å². The summed E-state index contributed by atoms with van der Waals surface area (Å²) in [7, 11) is 0. The lowest BCUT2D eigenvalue weighted by molar-refractivity contribution is -0.117. The molecule has 1 aliphatic heterocycles. The summed E-state index contributed by atoms with van der Waals surface area (Å²) in [5.41, 5.74) is 2.60. The Morgan fingerprint density at radius 3 is 2.71 bits per heavy atom. The van der Waals surface area contributed by atoms with Crippen molar-refractivity contribution >= 4 is 29.1 Å². The van der Waals surface area contributed by atoms with Gasteiger partial charge in [0.15, 0.2) is 0 Å². The maximum absolute atomic E-state index is 12.2. The minimum atomic E-state index is -0.168. The van der Waals surface area contributed by atoms with Gasteiger partial charge in [0, 0.05) is 41.7 Å². The normalized spacial score (nSPS) is 17.2. The molecule has 0 radical (unpaired) electrons. The number of nitrogens with zero attached hydrogens (tertiary/aromatic N) is 1. The van der Waals surface area contributed by atoms with Gasteiger partial charge in [0.25, 0.3) is 5.91 Å². The first-order valence-corrected chi connectivity index (χ1v) is 8.31. The highest BCUT2D eigenvalue weighted by Gasteiger charge is 2.30. The van der Waals surface area contributed by atoms with Gasteiger partial charge in [-0.2, -0.15) is 0 Å². The average Bonchev–Trinajstić information content (AvgIpc) is 2.94. The van der Waals surface area contributed by atoms with E-state index >= 15 is 0 Å². The van der Waals surface area contributed by atoms with Crippen LogP contribution in [0.2, 0.25) is 5.02 Å². The maximum atomic E-state index is 12.2. The van der Waals surface area contributed by atoms with Crippen molar-refractivity contribution in [3.8, 4) is 0 Å². The highest BCUT2D eigenvalue weighted by atomic mass is 35.5. The molecule has 2 aromatic carbocycles. The lowest BCUT2D eigenvalue weighted by Gasteiger charge is -2.17. The molecule has 0 aromatic heterocycles. The number of anilines is 1. The van der Waals surface area contributed by atoms with Crippen LogP contribution in [0, 0.1) is 12.8 Å². The summed E-state index contributed by atoms with van der Waals surface area (Å²) in [6.07, 6.45) is 0.448. The number of nitrogens with one attached hydrogen (secondary N) is 1. The Labute approximate surface area is 146 Å². The van der Waals surface area contributed by atoms with Crippen molar-refractivity contribution in [1.29, 1.82) is 0 Å². The zero-order valence-corrected chi connectivity index (χ0v) is 14.2. The highest BCUT2D eigenvalue weighted by Crippen LogP contribution is 2.25. The number of carbonyl (C=O) groups is 2. The molecule has 1 fully saturated rings. The van der Waals surface area contributed by atoms with Gasteiger partial charge in [0.2, 0.25) is 5.91 Å². The summed E-state index contributed by atoms with van der Waals surface area (Å²) in [4.78, 5) is 26.2. The van der Waals surface area contributed by atoms with E-state index in [2.05, 4.69) is 5.32 Å². The van der Waals surface area contributed by atoms with Crippen LogP contribution in [-0.4, -0.2) is 24.9 Å². The first kappa shape index (κ1) is 16.5. The first-order valence-electron chi connectivity index (χ1n) is 7.94. The van der Waals surface area contributed by atoms with Crippen LogP contribution in [0.1, 0.15) is 22.3 Å². The number of amides is 2. The smallest absolute Gasteiger partial charge is 0.251 e. The van der Waals surface area contributed by atoms with E-state index in [1.165, 1.54) is 0 Å². The van der Waals surface area contributed by atoms with Gasteiger partial charge in [-0.1, -0.05) is 35.4 Å². The van der Waals surface area contributed by atoms with Crippen molar-refractivity contribution in [1.82, 2.24) is 5.32 Å². The summed E-state index contributed by atoms with van der Waals surface area (Å²) in [5, 5.41) is 3.43. The molecule has 24 heavy (non-hydrogen) atoms. The van der Waals surface area contributed by atoms with Gasteiger partial charge >= 0.3 is 0 Å². The van der Waals surface area contributed by atoms with Crippen LogP contribution in [0.3, 0.4) is 0 Å². The molecule has 0 aliphatic carbocycles. The van der Waals surface area contributed by atoms with E-state index in [4.69, 9.17) is 11.6 Å². The van der Waals surface area contributed by atoms with Crippen molar-refractivity contribution in [2.75, 3.05) is 18.0 Å². The first-order chi connectivity index (χ1) is 11.5. The van der Waals surface area contributed by atoms with Crippen LogP contribution in [0.15, 0.2) is 48.5 Å². The molecule has 124 valence electrons. The largest absolute Gasteiger partial charge is 0.352 e. The second kappa shape index (κ2) is 7.05. The zero-order chi connectivity index (χ0) is 17.1. The Hall–Kier alpha value is -2.33. The summed E-state index contributed by atoms with van der Waals surface area (Å²) < 4.78 is 0. The highest BCUT2D eigenvalue weighted by molar-refractivity contribution is 6.30. The van der Waals surface area contributed by atoms with E-state index in [-0.39, 0.29) is 17.7 Å². The molecule has 1 saturated heterocycles. The third kappa shape index (κ3) is 3.77. The van der Waals surface area contributed by atoms with E-state index in [9.17, 15) is 9.59 Å². The molecule has 1 heterocycles. The second-order valence-corrected chi connectivity index (χ2v) is 6.57. The summed E-state index contributed by atoms with van der Waals surface area (Å²) in [6.45, 7) is 3.11. The van der Waals surface area contributed by atoms with E-state index in [1.54, 1.807) is 29.2 Å². The van der Waals surface area contributed by atoms with Crippen LogP contribution >= 0.6 is 11.6 Å². The molecule has 1 atom stereocenters. The Bertz CT molecular complexity index is 758. The second-order valence-electron chi connectivity index (χ2n) is 6.13. The number of benzene rings is 2. The van der Waals surface area contributed by atoms with E-state index in [1.807, 2.05) is 31.2 Å². The van der Waals surface area contributed by atoms with Crippen LogP contribution in [0.4, 0.5) is 5.69 Å².